The summed E-state index contributed by atoms with van der Waals surface area (Å²) in [6, 6.07) is 2.15. The number of piperidine rings is 1. The number of guanidine groups is 1. The van der Waals surface area contributed by atoms with Gasteiger partial charge in [-0.15, -0.1) is 24.0 Å². The lowest BCUT2D eigenvalue weighted by molar-refractivity contribution is 0.208. The molecule has 20 heavy (non-hydrogen) atoms. The van der Waals surface area contributed by atoms with Crippen LogP contribution in [0.5, 0.6) is 0 Å². The van der Waals surface area contributed by atoms with E-state index in [9.17, 15) is 0 Å². The highest BCUT2D eigenvalue weighted by atomic mass is 127. The van der Waals surface area contributed by atoms with Crippen molar-refractivity contribution in [1.82, 2.24) is 10.2 Å². The molecule has 1 saturated heterocycles. The predicted octanol–water partition coefficient (Wildman–Crippen LogP) is 3.81. The molecule has 0 radical (unpaired) electrons. The molecule has 1 aliphatic rings. The fraction of sp³-hybridized carbons (Fsp3) is 0.667. The first-order chi connectivity index (χ1) is 9.19. The third kappa shape index (κ3) is 5.24. The lowest BCUT2D eigenvalue weighted by Crippen LogP contribution is -2.48. The van der Waals surface area contributed by atoms with Crippen LogP contribution in [-0.2, 0) is 6.54 Å². The lowest BCUT2D eigenvalue weighted by Gasteiger charge is -2.37. The van der Waals surface area contributed by atoms with E-state index in [1.165, 1.54) is 12.0 Å². The van der Waals surface area contributed by atoms with Crippen molar-refractivity contribution in [2.45, 2.75) is 33.7 Å². The molecule has 1 aromatic rings. The summed E-state index contributed by atoms with van der Waals surface area (Å²) < 4.78 is 0. The van der Waals surface area contributed by atoms with Crippen LogP contribution in [0.4, 0.5) is 0 Å². The molecule has 0 bridgehead atoms. The first kappa shape index (κ1) is 17.8. The normalized spacial score (nSPS) is 23.4. The maximum Gasteiger partial charge on any atom is 0.194 e. The van der Waals surface area contributed by atoms with Crippen LogP contribution in [0.3, 0.4) is 0 Å². The van der Waals surface area contributed by atoms with Gasteiger partial charge in [0.1, 0.15) is 0 Å². The monoisotopic (exact) mass is 407 g/mol. The molecule has 0 amide bonds. The Morgan fingerprint density at radius 2 is 2.10 bits per heavy atom. The van der Waals surface area contributed by atoms with Crippen LogP contribution in [0, 0.1) is 11.8 Å². The highest BCUT2D eigenvalue weighted by Crippen LogP contribution is 2.21. The van der Waals surface area contributed by atoms with Gasteiger partial charge >= 0.3 is 0 Å². The Labute approximate surface area is 143 Å². The van der Waals surface area contributed by atoms with Gasteiger partial charge in [-0.3, -0.25) is 0 Å². The van der Waals surface area contributed by atoms with Gasteiger partial charge in [0.05, 0.1) is 6.54 Å². The quantitative estimate of drug-likeness (QED) is 0.469. The van der Waals surface area contributed by atoms with Gasteiger partial charge in [0, 0.05) is 19.6 Å². The summed E-state index contributed by atoms with van der Waals surface area (Å²) in [4.78, 5) is 7.21. The minimum absolute atomic E-state index is 0. The molecule has 0 spiro atoms. The van der Waals surface area contributed by atoms with Crippen LogP contribution in [0.2, 0.25) is 0 Å². The molecular weight excluding hydrogens is 381 g/mol. The zero-order chi connectivity index (χ0) is 13.7. The van der Waals surface area contributed by atoms with Crippen LogP contribution >= 0.6 is 35.3 Å². The molecule has 1 aromatic heterocycles. The van der Waals surface area contributed by atoms with Crippen molar-refractivity contribution >= 4 is 41.3 Å². The number of aliphatic imine (C=N–C) groups is 1. The molecular formula is C15H26IN3S. The molecule has 0 aliphatic carbocycles. The van der Waals surface area contributed by atoms with Crippen molar-refractivity contribution < 1.29 is 0 Å². The maximum absolute atomic E-state index is 4.79. The maximum atomic E-state index is 4.79. The van der Waals surface area contributed by atoms with Gasteiger partial charge in [-0.05, 0) is 47.6 Å². The molecule has 0 saturated carbocycles. The van der Waals surface area contributed by atoms with Crippen molar-refractivity contribution in [2.24, 2.45) is 16.8 Å². The molecule has 1 fully saturated rings. The second kappa shape index (κ2) is 8.87. The molecule has 1 N–H and O–H groups in total. The van der Waals surface area contributed by atoms with Crippen molar-refractivity contribution in [3.8, 4) is 0 Å². The second-order valence-electron chi connectivity index (χ2n) is 5.65. The fourth-order valence-electron chi connectivity index (χ4n) is 2.81. The molecule has 114 valence electrons. The van der Waals surface area contributed by atoms with E-state index in [-0.39, 0.29) is 24.0 Å². The Kier molecular flexibility index (Phi) is 7.87. The Balaban J connectivity index is 0.00000200. The number of hydrogen-bond acceptors (Lipinski definition) is 2. The zero-order valence-corrected chi connectivity index (χ0v) is 15.8. The Morgan fingerprint density at radius 1 is 1.40 bits per heavy atom. The van der Waals surface area contributed by atoms with Gasteiger partial charge in [-0.1, -0.05) is 13.8 Å². The van der Waals surface area contributed by atoms with Crippen molar-refractivity contribution in [3.63, 3.8) is 0 Å². The van der Waals surface area contributed by atoms with E-state index in [0.29, 0.717) is 0 Å². The number of halogens is 1. The minimum Gasteiger partial charge on any atom is -0.357 e. The number of nitrogens with zero attached hydrogens (tertiary/aromatic N) is 2. The average molecular weight is 407 g/mol. The standard InChI is InChI=1S/C15H25N3S.HI/c1-4-16-15(17-8-14-5-6-19-11-14)18-9-12(2)7-13(3)10-18;/h5-6,11-13H,4,7-10H2,1-3H3,(H,16,17);1H. The van der Waals surface area contributed by atoms with Gasteiger partial charge in [0.15, 0.2) is 5.96 Å². The van der Waals surface area contributed by atoms with Gasteiger partial charge in [0.25, 0.3) is 0 Å². The first-order valence-electron chi connectivity index (χ1n) is 7.23. The summed E-state index contributed by atoms with van der Waals surface area (Å²) in [7, 11) is 0. The van der Waals surface area contributed by atoms with E-state index in [1.807, 2.05) is 0 Å². The van der Waals surface area contributed by atoms with E-state index < -0.39 is 0 Å². The summed E-state index contributed by atoms with van der Waals surface area (Å²) in [5.41, 5.74) is 1.30. The van der Waals surface area contributed by atoms with E-state index in [1.54, 1.807) is 11.3 Å². The SMILES string of the molecule is CCNC(=NCc1ccsc1)N1CC(C)CC(C)C1.I. The molecule has 3 nitrogen and oxygen atoms in total. The Morgan fingerprint density at radius 3 is 2.65 bits per heavy atom. The molecule has 2 heterocycles. The Hall–Kier alpha value is -0.300. The predicted molar refractivity (Wildman–Crippen MR) is 99.1 cm³/mol. The fourth-order valence-corrected chi connectivity index (χ4v) is 3.47. The number of hydrogen-bond donors (Lipinski definition) is 1. The van der Waals surface area contributed by atoms with Crippen molar-refractivity contribution in [2.75, 3.05) is 19.6 Å². The van der Waals surface area contributed by atoms with Crippen LogP contribution in [0.1, 0.15) is 32.8 Å². The van der Waals surface area contributed by atoms with Crippen molar-refractivity contribution in [1.29, 1.82) is 0 Å². The van der Waals surface area contributed by atoms with Crippen LogP contribution in [0.15, 0.2) is 21.8 Å². The summed E-state index contributed by atoms with van der Waals surface area (Å²) in [5.74, 6) is 2.59. The van der Waals surface area contributed by atoms with Crippen LogP contribution < -0.4 is 5.32 Å². The molecule has 2 atom stereocenters. The minimum atomic E-state index is 0. The number of nitrogens with one attached hydrogen (secondary N) is 1. The zero-order valence-electron chi connectivity index (χ0n) is 12.6. The number of rotatable bonds is 3. The third-order valence-corrected chi connectivity index (χ3v) is 4.23. The summed E-state index contributed by atoms with van der Waals surface area (Å²) >= 11 is 1.74. The number of thiophene rings is 1. The average Bonchev–Trinajstić information content (AvgIpc) is 2.86. The molecule has 5 heteroatoms. The Bertz CT molecular complexity index is 395. The largest absolute Gasteiger partial charge is 0.357 e. The summed E-state index contributed by atoms with van der Waals surface area (Å²) in [6.45, 7) is 10.8. The van der Waals surface area contributed by atoms with Gasteiger partial charge in [0.2, 0.25) is 0 Å². The lowest BCUT2D eigenvalue weighted by atomic mass is 9.92. The smallest absolute Gasteiger partial charge is 0.194 e. The summed E-state index contributed by atoms with van der Waals surface area (Å²) in [5, 5.41) is 7.72. The topological polar surface area (TPSA) is 27.6 Å². The van der Waals surface area contributed by atoms with E-state index in [2.05, 4.69) is 47.8 Å². The number of likely N-dealkylation sites (tertiary alicyclic amines) is 1. The van der Waals surface area contributed by atoms with Crippen LogP contribution in [-0.4, -0.2) is 30.5 Å². The third-order valence-electron chi connectivity index (χ3n) is 3.49. The molecule has 2 rings (SSSR count). The summed E-state index contributed by atoms with van der Waals surface area (Å²) in [6.07, 6.45) is 1.33. The van der Waals surface area contributed by atoms with E-state index in [4.69, 9.17) is 4.99 Å². The van der Waals surface area contributed by atoms with E-state index in [0.717, 1.165) is 44.0 Å². The first-order valence-corrected chi connectivity index (χ1v) is 8.17. The molecule has 2 unspecified atom stereocenters. The highest BCUT2D eigenvalue weighted by molar-refractivity contribution is 14.0. The van der Waals surface area contributed by atoms with Gasteiger partial charge < -0.3 is 10.2 Å². The van der Waals surface area contributed by atoms with E-state index >= 15 is 0 Å². The molecule has 1 aliphatic heterocycles. The van der Waals surface area contributed by atoms with Gasteiger partial charge in [-0.2, -0.15) is 11.3 Å². The second-order valence-corrected chi connectivity index (χ2v) is 6.43. The molecule has 0 aromatic carbocycles. The highest BCUT2D eigenvalue weighted by Gasteiger charge is 2.23. The van der Waals surface area contributed by atoms with Crippen LogP contribution in [0.25, 0.3) is 0 Å². The van der Waals surface area contributed by atoms with Gasteiger partial charge in [-0.25, -0.2) is 4.99 Å². The van der Waals surface area contributed by atoms with Crippen molar-refractivity contribution in [3.05, 3.63) is 22.4 Å².